The zero-order valence-corrected chi connectivity index (χ0v) is 12.3. The third-order valence-corrected chi connectivity index (χ3v) is 5.82. The van der Waals surface area contributed by atoms with E-state index < -0.39 is 0 Å². The smallest absolute Gasteiger partial charge is 0.170 e. The second-order valence-electron chi connectivity index (χ2n) is 4.34. The number of rotatable bonds is 5. The highest BCUT2D eigenvalue weighted by Crippen LogP contribution is 2.23. The minimum absolute atomic E-state index is 0.167. The lowest BCUT2D eigenvalue weighted by atomic mass is 10.1. The highest BCUT2D eigenvalue weighted by atomic mass is 32.2. The van der Waals surface area contributed by atoms with E-state index in [2.05, 4.69) is 10.5 Å². The lowest BCUT2D eigenvalue weighted by molar-refractivity contribution is 0.318. The molecule has 0 amide bonds. The van der Waals surface area contributed by atoms with Crippen molar-refractivity contribution in [1.29, 1.82) is 0 Å². The molecule has 1 aliphatic heterocycles. The molecule has 0 saturated carbocycles. The van der Waals surface area contributed by atoms with Crippen LogP contribution in [0.5, 0.6) is 0 Å². The minimum atomic E-state index is 0.167. The van der Waals surface area contributed by atoms with Crippen LogP contribution < -0.4 is 11.1 Å². The maximum Gasteiger partial charge on any atom is 0.170 e. The van der Waals surface area contributed by atoms with Crippen molar-refractivity contribution in [2.75, 3.05) is 23.8 Å². The lowest BCUT2D eigenvalue weighted by Crippen LogP contribution is -2.29. The lowest BCUT2D eigenvalue weighted by Gasteiger charge is -2.21. The Balaban J connectivity index is 1.88. The van der Waals surface area contributed by atoms with Gasteiger partial charge in [-0.3, -0.25) is 0 Å². The Bertz CT molecular complexity index is 434. The standard InChI is InChI=1S/C13H19N3OS2/c14-13(16-17)12-4-2-1-3-10(12)7-15-8-11-9-18-5-6-19-11/h1-4,11,15,17H,5-9H2,(H2,14,16). The number of nitrogens with one attached hydrogen (secondary N) is 1. The molecule has 1 aromatic rings. The van der Waals surface area contributed by atoms with E-state index in [-0.39, 0.29) is 5.84 Å². The van der Waals surface area contributed by atoms with E-state index in [1.54, 1.807) is 0 Å². The summed E-state index contributed by atoms with van der Waals surface area (Å²) in [6.45, 7) is 1.75. The van der Waals surface area contributed by atoms with E-state index in [0.29, 0.717) is 5.25 Å². The first-order valence-corrected chi connectivity index (χ1v) is 8.47. The molecule has 1 saturated heterocycles. The third kappa shape index (κ3) is 4.33. The van der Waals surface area contributed by atoms with Crippen LogP contribution in [0.1, 0.15) is 11.1 Å². The number of oxime groups is 1. The van der Waals surface area contributed by atoms with Crippen LogP contribution >= 0.6 is 23.5 Å². The van der Waals surface area contributed by atoms with Crippen LogP contribution in [0.3, 0.4) is 0 Å². The van der Waals surface area contributed by atoms with E-state index in [0.717, 1.165) is 24.2 Å². The Morgan fingerprint density at radius 2 is 2.26 bits per heavy atom. The summed E-state index contributed by atoms with van der Waals surface area (Å²) in [4.78, 5) is 0. The largest absolute Gasteiger partial charge is 0.409 e. The highest BCUT2D eigenvalue weighted by Gasteiger charge is 2.14. The van der Waals surface area contributed by atoms with Crippen molar-refractivity contribution >= 4 is 29.4 Å². The Morgan fingerprint density at radius 1 is 1.42 bits per heavy atom. The summed E-state index contributed by atoms with van der Waals surface area (Å²) in [5.74, 6) is 3.91. The minimum Gasteiger partial charge on any atom is -0.409 e. The molecule has 0 bridgehead atoms. The van der Waals surface area contributed by atoms with Gasteiger partial charge in [-0.1, -0.05) is 29.4 Å². The Hall–Kier alpha value is -0.850. The van der Waals surface area contributed by atoms with Gasteiger partial charge in [0, 0.05) is 41.2 Å². The van der Waals surface area contributed by atoms with Gasteiger partial charge in [0.25, 0.3) is 0 Å². The molecule has 1 aliphatic rings. The SMILES string of the molecule is N/C(=N/O)c1ccccc1CNCC1CSCCS1. The zero-order chi connectivity index (χ0) is 13.5. The molecule has 0 aliphatic carbocycles. The van der Waals surface area contributed by atoms with Crippen LogP contribution in [-0.4, -0.2) is 40.1 Å². The summed E-state index contributed by atoms with van der Waals surface area (Å²) in [5, 5.41) is 16.0. The van der Waals surface area contributed by atoms with Crippen LogP contribution in [0.2, 0.25) is 0 Å². The van der Waals surface area contributed by atoms with Gasteiger partial charge in [-0.25, -0.2) is 0 Å². The summed E-state index contributed by atoms with van der Waals surface area (Å²) < 4.78 is 0. The van der Waals surface area contributed by atoms with Gasteiger partial charge in [0.15, 0.2) is 5.84 Å². The van der Waals surface area contributed by atoms with Crippen LogP contribution in [0.15, 0.2) is 29.4 Å². The number of hydrogen-bond donors (Lipinski definition) is 3. The topological polar surface area (TPSA) is 70.6 Å². The molecule has 104 valence electrons. The number of nitrogens with zero attached hydrogens (tertiary/aromatic N) is 1. The fourth-order valence-electron chi connectivity index (χ4n) is 2.00. The average Bonchev–Trinajstić information content (AvgIpc) is 2.48. The van der Waals surface area contributed by atoms with Crippen LogP contribution in [0.4, 0.5) is 0 Å². The molecule has 1 unspecified atom stereocenters. The Morgan fingerprint density at radius 3 is 3.00 bits per heavy atom. The van der Waals surface area contributed by atoms with Crippen molar-refractivity contribution in [3.05, 3.63) is 35.4 Å². The van der Waals surface area contributed by atoms with Crippen LogP contribution in [0.25, 0.3) is 0 Å². The molecule has 1 fully saturated rings. The summed E-state index contributed by atoms with van der Waals surface area (Å²) in [6.07, 6.45) is 0. The fourth-order valence-corrected chi connectivity index (χ4v) is 4.65. The van der Waals surface area contributed by atoms with Crippen molar-refractivity contribution in [3.8, 4) is 0 Å². The van der Waals surface area contributed by atoms with Gasteiger partial charge < -0.3 is 16.3 Å². The summed E-state index contributed by atoms with van der Waals surface area (Å²) >= 11 is 4.07. The molecular weight excluding hydrogens is 278 g/mol. The van der Waals surface area contributed by atoms with Gasteiger partial charge in [0.2, 0.25) is 0 Å². The van der Waals surface area contributed by atoms with Crippen LogP contribution in [0, 0.1) is 0 Å². The van der Waals surface area contributed by atoms with Crippen molar-refractivity contribution in [3.63, 3.8) is 0 Å². The zero-order valence-electron chi connectivity index (χ0n) is 10.7. The molecule has 6 heteroatoms. The molecule has 1 atom stereocenters. The first-order chi connectivity index (χ1) is 9.31. The van der Waals surface area contributed by atoms with E-state index in [1.165, 1.54) is 17.3 Å². The number of nitrogens with two attached hydrogens (primary N) is 1. The van der Waals surface area contributed by atoms with Gasteiger partial charge in [-0.15, -0.1) is 0 Å². The van der Waals surface area contributed by atoms with Gasteiger partial charge in [0.1, 0.15) is 0 Å². The van der Waals surface area contributed by atoms with E-state index >= 15 is 0 Å². The Labute approximate surface area is 122 Å². The summed E-state index contributed by atoms with van der Waals surface area (Å²) in [5.41, 5.74) is 7.53. The quantitative estimate of drug-likeness (QED) is 0.334. The molecule has 0 radical (unpaired) electrons. The maximum atomic E-state index is 8.78. The monoisotopic (exact) mass is 297 g/mol. The van der Waals surface area contributed by atoms with Gasteiger partial charge in [-0.05, 0) is 5.56 Å². The molecule has 1 aromatic carbocycles. The van der Waals surface area contributed by atoms with Crippen molar-refractivity contribution in [2.24, 2.45) is 10.9 Å². The molecule has 0 spiro atoms. The van der Waals surface area contributed by atoms with Gasteiger partial charge in [-0.2, -0.15) is 23.5 Å². The van der Waals surface area contributed by atoms with Crippen molar-refractivity contribution in [2.45, 2.75) is 11.8 Å². The second kappa shape index (κ2) is 7.67. The molecular formula is C13H19N3OS2. The number of amidine groups is 1. The van der Waals surface area contributed by atoms with Crippen molar-refractivity contribution in [1.82, 2.24) is 5.32 Å². The van der Waals surface area contributed by atoms with E-state index in [9.17, 15) is 0 Å². The van der Waals surface area contributed by atoms with Crippen LogP contribution in [-0.2, 0) is 6.54 Å². The number of thioether (sulfide) groups is 2. The molecule has 19 heavy (non-hydrogen) atoms. The number of benzene rings is 1. The van der Waals surface area contributed by atoms with Crippen molar-refractivity contribution < 1.29 is 5.21 Å². The van der Waals surface area contributed by atoms with E-state index in [1.807, 2.05) is 47.8 Å². The third-order valence-electron chi connectivity index (χ3n) is 2.97. The average molecular weight is 297 g/mol. The fraction of sp³-hybridized carbons (Fsp3) is 0.462. The molecule has 2 rings (SSSR count). The highest BCUT2D eigenvalue weighted by molar-refractivity contribution is 8.06. The predicted molar refractivity (Wildman–Crippen MR) is 84.2 cm³/mol. The first-order valence-electron chi connectivity index (χ1n) is 6.27. The predicted octanol–water partition coefficient (Wildman–Crippen LogP) is 1.72. The Kier molecular flexibility index (Phi) is 5.88. The molecule has 1 heterocycles. The molecule has 4 nitrogen and oxygen atoms in total. The van der Waals surface area contributed by atoms with Gasteiger partial charge in [0.05, 0.1) is 0 Å². The van der Waals surface area contributed by atoms with E-state index in [4.69, 9.17) is 10.9 Å². The molecule has 0 aromatic heterocycles. The summed E-state index contributed by atoms with van der Waals surface area (Å²) in [7, 11) is 0. The number of hydrogen-bond acceptors (Lipinski definition) is 5. The second-order valence-corrected chi connectivity index (χ2v) is 6.90. The molecule has 4 N–H and O–H groups in total. The summed E-state index contributed by atoms with van der Waals surface area (Å²) in [6, 6.07) is 7.74. The van der Waals surface area contributed by atoms with Gasteiger partial charge >= 0.3 is 0 Å². The first kappa shape index (κ1) is 14.6. The normalized spacial score (nSPS) is 20.4. The maximum absolute atomic E-state index is 8.78.